The van der Waals surface area contributed by atoms with Crippen LogP contribution in [0.2, 0.25) is 0 Å². The van der Waals surface area contributed by atoms with Crippen molar-refractivity contribution in [2.75, 3.05) is 105 Å². The van der Waals surface area contributed by atoms with Crippen LogP contribution in [0.4, 0.5) is 0 Å². The average Bonchev–Trinajstić information content (AvgIpc) is 2.93. The second-order valence-corrected chi connectivity index (χ2v) is 9.64. The molecule has 5 aliphatic heterocycles. The van der Waals surface area contributed by atoms with Gasteiger partial charge in [-0.2, -0.15) is 0 Å². The van der Waals surface area contributed by atoms with Crippen LogP contribution in [0.5, 0.6) is 11.5 Å². The fraction of sp³-hybridized carbons (Fsp3) is 0.533. The molecule has 206 valence electrons. The lowest BCUT2D eigenvalue weighted by Gasteiger charge is -2.24. The van der Waals surface area contributed by atoms with Crippen molar-refractivity contribution >= 4 is 21.5 Å². The highest BCUT2D eigenvalue weighted by Gasteiger charge is 2.13. The van der Waals surface area contributed by atoms with Crippen LogP contribution in [0, 0.1) is 0 Å². The smallest absolute Gasteiger partial charge is 0.127 e. The Bertz CT molecular complexity index is 1030. The third-order valence-corrected chi connectivity index (χ3v) is 7.08. The minimum atomic E-state index is 0.573. The van der Waals surface area contributed by atoms with Gasteiger partial charge < -0.3 is 28.4 Å². The molecule has 1 saturated heterocycles. The molecule has 3 aromatic rings. The van der Waals surface area contributed by atoms with E-state index in [1.165, 1.54) is 10.8 Å². The zero-order valence-corrected chi connectivity index (χ0v) is 22.3. The normalized spacial score (nSPS) is 23.7. The molecule has 38 heavy (non-hydrogen) atoms. The van der Waals surface area contributed by atoms with Crippen molar-refractivity contribution in [1.82, 2.24) is 9.80 Å². The van der Waals surface area contributed by atoms with E-state index >= 15 is 0 Å². The maximum atomic E-state index is 6.38. The molecule has 8 nitrogen and oxygen atoms in total. The summed E-state index contributed by atoms with van der Waals surface area (Å²) < 4.78 is 36.2. The van der Waals surface area contributed by atoms with Gasteiger partial charge in [-0.25, -0.2) is 0 Å². The van der Waals surface area contributed by atoms with E-state index in [1.54, 1.807) is 0 Å². The molecule has 5 aliphatic rings. The van der Waals surface area contributed by atoms with Gasteiger partial charge in [0, 0.05) is 50.0 Å². The van der Waals surface area contributed by atoms with Crippen LogP contribution < -0.4 is 9.47 Å². The van der Waals surface area contributed by atoms with Crippen LogP contribution in [0.15, 0.2) is 48.5 Å². The van der Waals surface area contributed by atoms with Gasteiger partial charge in [-0.1, -0.05) is 24.3 Å². The molecule has 4 bridgehead atoms. The van der Waals surface area contributed by atoms with Gasteiger partial charge in [0.2, 0.25) is 0 Å². The maximum Gasteiger partial charge on any atom is 0.127 e. The number of nitrogens with zero attached hydrogens (tertiary/aromatic N) is 2. The zero-order chi connectivity index (χ0) is 25.8. The van der Waals surface area contributed by atoms with E-state index in [-0.39, 0.29) is 0 Å². The molecule has 1 fully saturated rings. The standard InChI is InChI=1S/C30H40N2O6/c1-2-4-26-24-28-27(23-25(26)3-1)29-5-6-30(28)38-18-12-32-9-15-35-21-19-33-13-7-31(11-17-37-29)8-14-34-20-22-36-16-10-32/h1-6,23-24H,7-22H2. The highest BCUT2D eigenvalue weighted by atomic mass is 16.5. The van der Waals surface area contributed by atoms with Crippen molar-refractivity contribution in [3.63, 3.8) is 0 Å². The van der Waals surface area contributed by atoms with Crippen molar-refractivity contribution in [3.05, 3.63) is 48.5 Å². The third-order valence-electron chi connectivity index (χ3n) is 7.08. The number of benzene rings is 3. The third kappa shape index (κ3) is 7.79. The van der Waals surface area contributed by atoms with Crippen LogP contribution in [-0.2, 0) is 18.9 Å². The zero-order valence-electron chi connectivity index (χ0n) is 22.3. The Morgan fingerprint density at radius 2 is 0.789 bits per heavy atom. The number of rotatable bonds is 0. The van der Waals surface area contributed by atoms with E-state index in [2.05, 4.69) is 46.2 Å². The number of fused-ring (bicyclic) bond motifs is 1. The highest BCUT2D eigenvalue weighted by molar-refractivity contribution is 6.03. The van der Waals surface area contributed by atoms with E-state index in [4.69, 9.17) is 28.4 Å². The summed E-state index contributed by atoms with van der Waals surface area (Å²) in [4.78, 5) is 4.66. The molecule has 0 spiro atoms. The Kier molecular flexibility index (Phi) is 10.4. The van der Waals surface area contributed by atoms with Crippen LogP contribution in [0.1, 0.15) is 0 Å². The minimum absolute atomic E-state index is 0.573. The monoisotopic (exact) mass is 524 g/mol. The van der Waals surface area contributed by atoms with E-state index in [9.17, 15) is 0 Å². The lowest BCUT2D eigenvalue weighted by Crippen LogP contribution is -2.36. The Balaban J connectivity index is 1.43. The van der Waals surface area contributed by atoms with Crippen molar-refractivity contribution in [2.24, 2.45) is 0 Å². The predicted molar refractivity (Wildman–Crippen MR) is 149 cm³/mol. The van der Waals surface area contributed by atoms with E-state index in [1.807, 2.05) is 12.1 Å². The Morgan fingerprint density at radius 1 is 0.421 bits per heavy atom. The van der Waals surface area contributed by atoms with Gasteiger partial charge in [-0.3, -0.25) is 9.80 Å². The first kappa shape index (κ1) is 27.1. The van der Waals surface area contributed by atoms with Crippen LogP contribution in [0.25, 0.3) is 21.5 Å². The number of hydrogen-bond acceptors (Lipinski definition) is 8. The second-order valence-electron chi connectivity index (χ2n) is 9.64. The van der Waals surface area contributed by atoms with Gasteiger partial charge in [0.05, 0.1) is 52.9 Å². The molecule has 5 heterocycles. The molecule has 8 rings (SSSR count). The summed E-state index contributed by atoms with van der Waals surface area (Å²) in [6.07, 6.45) is 0. The lowest BCUT2D eigenvalue weighted by atomic mass is 10.0. The summed E-state index contributed by atoms with van der Waals surface area (Å²) in [6, 6.07) is 16.9. The second kappa shape index (κ2) is 14.6. The molecule has 0 atom stereocenters. The van der Waals surface area contributed by atoms with Gasteiger partial charge in [-0.15, -0.1) is 0 Å². The fourth-order valence-corrected chi connectivity index (χ4v) is 4.89. The number of hydrogen-bond donors (Lipinski definition) is 0. The van der Waals surface area contributed by atoms with Gasteiger partial charge in [0.15, 0.2) is 0 Å². The van der Waals surface area contributed by atoms with E-state index in [0.717, 1.165) is 61.5 Å². The number of ether oxygens (including phenoxy) is 6. The summed E-state index contributed by atoms with van der Waals surface area (Å²) >= 11 is 0. The highest BCUT2D eigenvalue weighted by Crippen LogP contribution is 2.36. The quantitative estimate of drug-likeness (QED) is 0.415. The molecule has 0 radical (unpaired) electrons. The Labute approximate surface area is 225 Å². The molecule has 0 aliphatic carbocycles. The largest absolute Gasteiger partial charge is 0.492 e. The Morgan fingerprint density at radius 3 is 1.18 bits per heavy atom. The molecule has 0 saturated carbocycles. The van der Waals surface area contributed by atoms with Crippen LogP contribution in [-0.4, -0.2) is 115 Å². The lowest BCUT2D eigenvalue weighted by molar-refractivity contribution is 0.00569. The van der Waals surface area contributed by atoms with Gasteiger partial charge in [0.1, 0.15) is 24.7 Å². The van der Waals surface area contributed by atoms with Crippen LogP contribution >= 0.6 is 0 Å². The molecule has 0 unspecified atom stereocenters. The first-order valence-corrected chi connectivity index (χ1v) is 13.8. The molecular formula is C30H40N2O6. The minimum Gasteiger partial charge on any atom is -0.492 e. The summed E-state index contributed by atoms with van der Waals surface area (Å²) in [5, 5.41) is 4.52. The average molecular weight is 525 g/mol. The van der Waals surface area contributed by atoms with Crippen molar-refractivity contribution in [2.45, 2.75) is 0 Å². The predicted octanol–water partition coefficient (Wildman–Crippen LogP) is 3.45. The molecule has 0 amide bonds. The Hall–Kier alpha value is -2.46. The van der Waals surface area contributed by atoms with Crippen molar-refractivity contribution in [1.29, 1.82) is 0 Å². The molecular weight excluding hydrogens is 484 g/mol. The van der Waals surface area contributed by atoms with E-state index in [0.29, 0.717) is 66.1 Å². The summed E-state index contributed by atoms with van der Waals surface area (Å²) in [5.41, 5.74) is 0. The van der Waals surface area contributed by atoms with Crippen LogP contribution in [0.3, 0.4) is 0 Å². The SMILES string of the molecule is c1ccc2cc3c4ccc(c3cc2c1)OCCN1CCOCCOCCN(CCOCCOCC1)CCO4. The topological polar surface area (TPSA) is 61.9 Å². The molecule has 0 aromatic heterocycles. The summed E-state index contributed by atoms with van der Waals surface area (Å²) in [7, 11) is 0. The first-order valence-electron chi connectivity index (χ1n) is 13.8. The maximum absolute atomic E-state index is 6.38. The fourth-order valence-electron chi connectivity index (χ4n) is 4.89. The van der Waals surface area contributed by atoms with Crippen molar-refractivity contribution < 1.29 is 28.4 Å². The van der Waals surface area contributed by atoms with Crippen molar-refractivity contribution in [3.8, 4) is 11.5 Å². The van der Waals surface area contributed by atoms with Gasteiger partial charge in [0.25, 0.3) is 0 Å². The molecule has 0 N–H and O–H groups in total. The molecule has 8 heteroatoms. The van der Waals surface area contributed by atoms with Gasteiger partial charge in [-0.05, 0) is 35.0 Å². The summed E-state index contributed by atoms with van der Waals surface area (Å²) in [6.45, 7) is 11.0. The van der Waals surface area contributed by atoms with Gasteiger partial charge >= 0.3 is 0 Å². The molecule has 3 aromatic carbocycles. The first-order chi connectivity index (χ1) is 18.9. The summed E-state index contributed by atoms with van der Waals surface area (Å²) in [5.74, 6) is 1.76. The van der Waals surface area contributed by atoms with E-state index < -0.39 is 0 Å².